The van der Waals surface area contributed by atoms with Crippen LogP contribution >= 0.6 is 0 Å². The van der Waals surface area contributed by atoms with Crippen molar-refractivity contribution < 1.29 is 18.8 Å². The molecular weight excluding hydrogens is 409 g/mol. The zero-order valence-corrected chi connectivity index (χ0v) is 18.0. The Hall–Kier alpha value is -4.00. The van der Waals surface area contributed by atoms with Crippen LogP contribution in [0, 0.1) is 19.7 Å². The summed E-state index contributed by atoms with van der Waals surface area (Å²) < 4.78 is 15.3. The number of benzene rings is 2. The standard InChI is InChI=1S/C25H22FN3O3/c1-4-17-5-9-20(10-6-17)28-15(2)13-18(16(28)3)14-22-23(30)27-25(32)29(24(22)31)21-11-7-19(26)8-12-21/h5-14H,4H2,1-3H3,(H,27,30,32)/b22-14+. The maximum absolute atomic E-state index is 13.3. The number of nitrogens with one attached hydrogen (secondary N) is 1. The molecule has 1 N–H and O–H groups in total. The number of aromatic nitrogens is 1. The van der Waals surface area contributed by atoms with E-state index in [0.29, 0.717) is 5.56 Å². The van der Waals surface area contributed by atoms with Gasteiger partial charge in [0.2, 0.25) is 0 Å². The maximum Gasteiger partial charge on any atom is 0.335 e. The Balaban J connectivity index is 1.73. The average Bonchev–Trinajstić information content (AvgIpc) is 3.05. The van der Waals surface area contributed by atoms with E-state index >= 15 is 0 Å². The molecule has 162 valence electrons. The van der Waals surface area contributed by atoms with Crippen LogP contribution in [0.4, 0.5) is 14.9 Å². The minimum atomic E-state index is -0.870. The van der Waals surface area contributed by atoms with Gasteiger partial charge in [-0.05, 0) is 79.9 Å². The minimum absolute atomic E-state index is 0.171. The van der Waals surface area contributed by atoms with Gasteiger partial charge < -0.3 is 4.57 Å². The summed E-state index contributed by atoms with van der Waals surface area (Å²) in [6, 6.07) is 14.1. The third-order valence-corrected chi connectivity index (χ3v) is 5.56. The molecular formula is C25H22FN3O3. The molecule has 0 atom stereocenters. The van der Waals surface area contributed by atoms with Crippen LogP contribution < -0.4 is 10.2 Å². The van der Waals surface area contributed by atoms with Crippen LogP contribution in [-0.4, -0.2) is 22.4 Å². The number of urea groups is 1. The van der Waals surface area contributed by atoms with E-state index in [1.807, 2.05) is 36.6 Å². The molecule has 0 radical (unpaired) electrons. The maximum atomic E-state index is 13.3. The Morgan fingerprint density at radius 1 is 0.938 bits per heavy atom. The van der Waals surface area contributed by atoms with Crippen LogP contribution in [0.2, 0.25) is 0 Å². The van der Waals surface area contributed by atoms with Gasteiger partial charge in [-0.25, -0.2) is 14.1 Å². The molecule has 4 amide bonds. The Labute approximate surface area is 185 Å². The molecule has 4 rings (SSSR count). The van der Waals surface area contributed by atoms with Gasteiger partial charge in [-0.2, -0.15) is 0 Å². The van der Waals surface area contributed by atoms with Crippen molar-refractivity contribution in [2.24, 2.45) is 0 Å². The molecule has 0 unspecified atom stereocenters. The van der Waals surface area contributed by atoms with Crippen LogP contribution in [-0.2, 0) is 16.0 Å². The quantitative estimate of drug-likeness (QED) is 0.490. The molecule has 0 bridgehead atoms. The summed E-state index contributed by atoms with van der Waals surface area (Å²) in [6.45, 7) is 5.94. The van der Waals surface area contributed by atoms with Crippen LogP contribution in [0.25, 0.3) is 11.8 Å². The number of rotatable bonds is 4. The number of amides is 4. The summed E-state index contributed by atoms with van der Waals surface area (Å²) in [6.07, 6.45) is 2.43. The van der Waals surface area contributed by atoms with Gasteiger partial charge in [-0.15, -0.1) is 0 Å². The molecule has 0 spiro atoms. The van der Waals surface area contributed by atoms with E-state index in [-0.39, 0.29) is 11.3 Å². The molecule has 2 aromatic carbocycles. The van der Waals surface area contributed by atoms with E-state index in [4.69, 9.17) is 0 Å². The van der Waals surface area contributed by atoms with Crippen LogP contribution in [0.5, 0.6) is 0 Å². The minimum Gasteiger partial charge on any atom is -0.318 e. The van der Waals surface area contributed by atoms with Crippen molar-refractivity contribution in [3.05, 3.63) is 88.5 Å². The number of carbonyl (C=O) groups is 3. The lowest BCUT2D eigenvalue weighted by Crippen LogP contribution is -2.54. The largest absolute Gasteiger partial charge is 0.335 e. The number of carbonyl (C=O) groups excluding carboxylic acids is 3. The molecule has 0 aliphatic carbocycles. The first-order chi connectivity index (χ1) is 15.3. The van der Waals surface area contributed by atoms with Crippen molar-refractivity contribution in [3.8, 4) is 5.69 Å². The van der Waals surface area contributed by atoms with Crippen LogP contribution in [0.15, 0.2) is 60.2 Å². The number of barbiturate groups is 1. The van der Waals surface area contributed by atoms with E-state index in [9.17, 15) is 18.8 Å². The first-order valence-corrected chi connectivity index (χ1v) is 10.3. The number of hydrogen-bond acceptors (Lipinski definition) is 3. The molecule has 32 heavy (non-hydrogen) atoms. The molecule has 2 heterocycles. The Morgan fingerprint density at radius 3 is 2.19 bits per heavy atom. The number of imide groups is 2. The van der Waals surface area contributed by atoms with Crippen molar-refractivity contribution in [1.29, 1.82) is 0 Å². The SMILES string of the molecule is CCc1ccc(-n2c(C)cc(/C=C3\C(=O)NC(=O)N(c4ccc(F)cc4)C3=O)c2C)cc1. The highest BCUT2D eigenvalue weighted by Gasteiger charge is 2.37. The van der Waals surface area contributed by atoms with E-state index in [2.05, 4.69) is 24.4 Å². The predicted octanol–water partition coefficient (Wildman–Crippen LogP) is 4.46. The number of nitrogens with zero attached hydrogens (tertiary/aromatic N) is 2. The second-order valence-electron chi connectivity index (χ2n) is 7.62. The summed E-state index contributed by atoms with van der Waals surface area (Å²) >= 11 is 0. The van der Waals surface area contributed by atoms with Gasteiger partial charge in [0, 0.05) is 17.1 Å². The van der Waals surface area contributed by atoms with Crippen LogP contribution in [0.3, 0.4) is 0 Å². The smallest absolute Gasteiger partial charge is 0.318 e. The predicted molar refractivity (Wildman–Crippen MR) is 120 cm³/mol. The van der Waals surface area contributed by atoms with Crippen molar-refractivity contribution >= 4 is 29.6 Å². The van der Waals surface area contributed by atoms with Crippen molar-refractivity contribution in [1.82, 2.24) is 9.88 Å². The second kappa shape index (κ2) is 8.26. The Morgan fingerprint density at radius 2 is 1.56 bits per heavy atom. The zero-order valence-electron chi connectivity index (χ0n) is 18.0. The van der Waals surface area contributed by atoms with Crippen molar-refractivity contribution in [2.75, 3.05) is 4.90 Å². The summed E-state index contributed by atoms with van der Waals surface area (Å²) in [5.74, 6) is -2.03. The number of aryl methyl sites for hydroxylation is 2. The fourth-order valence-corrected chi connectivity index (χ4v) is 3.85. The summed E-state index contributed by atoms with van der Waals surface area (Å²) in [7, 11) is 0. The van der Waals surface area contributed by atoms with E-state index in [0.717, 1.165) is 40.5 Å². The summed E-state index contributed by atoms with van der Waals surface area (Å²) in [4.78, 5) is 38.7. The number of halogens is 1. The molecule has 0 saturated carbocycles. The lowest BCUT2D eigenvalue weighted by atomic mass is 10.1. The topological polar surface area (TPSA) is 71.4 Å². The molecule has 1 aromatic heterocycles. The van der Waals surface area contributed by atoms with E-state index in [1.54, 1.807) is 0 Å². The van der Waals surface area contributed by atoms with Crippen molar-refractivity contribution in [3.63, 3.8) is 0 Å². The molecule has 1 fully saturated rings. The monoisotopic (exact) mass is 431 g/mol. The third kappa shape index (κ3) is 3.73. The normalized spacial score (nSPS) is 15.4. The Kier molecular flexibility index (Phi) is 5.48. The summed E-state index contributed by atoms with van der Waals surface area (Å²) in [5, 5.41) is 2.19. The highest BCUT2D eigenvalue weighted by Crippen LogP contribution is 2.26. The van der Waals surface area contributed by atoms with Gasteiger partial charge in [0.15, 0.2) is 0 Å². The lowest BCUT2D eigenvalue weighted by molar-refractivity contribution is -0.122. The molecule has 1 aliphatic rings. The average molecular weight is 431 g/mol. The molecule has 3 aromatic rings. The zero-order chi connectivity index (χ0) is 23.0. The highest BCUT2D eigenvalue weighted by molar-refractivity contribution is 6.39. The van der Waals surface area contributed by atoms with Gasteiger partial charge in [-0.1, -0.05) is 19.1 Å². The van der Waals surface area contributed by atoms with Crippen LogP contribution in [0.1, 0.15) is 29.4 Å². The van der Waals surface area contributed by atoms with Crippen molar-refractivity contribution in [2.45, 2.75) is 27.2 Å². The van der Waals surface area contributed by atoms with Gasteiger partial charge >= 0.3 is 6.03 Å². The van der Waals surface area contributed by atoms with E-state index < -0.39 is 23.7 Å². The fourth-order valence-electron chi connectivity index (χ4n) is 3.85. The number of anilines is 1. The summed E-state index contributed by atoms with van der Waals surface area (Å²) in [5.41, 5.74) is 4.69. The highest BCUT2D eigenvalue weighted by atomic mass is 19.1. The van der Waals surface area contributed by atoms with Gasteiger partial charge in [0.05, 0.1) is 5.69 Å². The number of hydrogen-bond donors (Lipinski definition) is 1. The molecule has 6 nitrogen and oxygen atoms in total. The van der Waals surface area contributed by atoms with Gasteiger partial charge in [-0.3, -0.25) is 14.9 Å². The third-order valence-electron chi connectivity index (χ3n) is 5.56. The fraction of sp³-hybridized carbons (Fsp3) is 0.160. The lowest BCUT2D eigenvalue weighted by Gasteiger charge is -2.26. The van der Waals surface area contributed by atoms with Gasteiger partial charge in [0.1, 0.15) is 11.4 Å². The first-order valence-electron chi connectivity index (χ1n) is 10.3. The first kappa shape index (κ1) is 21.2. The van der Waals surface area contributed by atoms with E-state index in [1.165, 1.54) is 23.8 Å². The molecule has 7 heteroatoms. The van der Waals surface area contributed by atoms with Gasteiger partial charge in [0.25, 0.3) is 11.8 Å². The molecule has 1 aliphatic heterocycles. The molecule has 1 saturated heterocycles. The second-order valence-corrected chi connectivity index (χ2v) is 7.62. The Bertz CT molecular complexity index is 1250.